The lowest BCUT2D eigenvalue weighted by Crippen LogP contribution is -2.54. The quantitative estimate of drug-likeness (QED) is 0.815. The fourth-order valence-electron chi connectivity index (χ4n) is 4.10. The molecule has 2 aliphatic rings. The largest absolute Gasteiger partial charge is 0.390 e. The standard InChI is InChI=1S/C19H28N6O/c26-18-16-22(8-4-10-25-9-3-7-21-25)15-17(18)23-11-13-24(14-12-23)19-5-1-2-6-20-19/h1-3,5-7,9,17-18,26H,4,8,10-16H2/t17-,18-/m1/s1. The van der Waals surface area contributed by atoms with Gasteiger partial charge in [-0.3, -0.25) is 14.5 Å². The molecule has 1 N–H and O–H groups in total. The first-order valence-electron chi connectivity index (χ1n) is 9.57. The van der Waals surface area contributed by atoms with E-state index in [9.17, 15) is 5.11 Å². The average Bonchev–Trinajstić information content (AvgIpc) is 3.32. The van der Waals surface area contributed by atoms with E-state index in [2.05, 4.69) is 30.8 Å². The van der Waals surface area contributed by atoms with E-state index in [1.54, 1.807) is 0 Å². The molecule has 2 aromatic rings. The molecule has 0 aromatic carbocycles. The highest BCUT2D eigenvalue weighted by Gasteiger charge is 2.36. The summed E-state index contributed by atoms with van der Waals surface area (Å²) in [5.41, 5.74) is 0. The topological polar surface area (TPSA) is 60.7 Å². The van der Waals surface area contributed by atoms with Gasteiger partial charge in [-0.25, -0.2) is 4.98 Å². The first-order valence-corrected chi connectivity index (χ1v) is 9.57. The minimum atomic E-state index is -0.249. The van der Waals surface area contributed by atoms with Gasteiger partial charge in [0, 0.05) is 77.0 Å². The number of likely N-dealkylation sites (tertiary alicyclic amines) is 1. The first kappa shape index (κ1) is 17.5. The van der Waals surface area contributed by atoms with Crippen LogP contribution in [0.5, 0.6) is 0 Å². The Labute approximate surface area is 154 Å². The maximum Gasteiger partial charge on any atom is 0.128 e. The van der Waals surface area contributed by atoms with Gasteiger partial charge in [-0.2, -0.15) is 5.10 Å². The van der Waals surface area contributed by atoms with Gasteiger partial charge in [0.15, 0.2) is 0 Å². The van der Waals surface area contributed by atoms with Crippen LogP contribution < -0.4 is 4.90 Å². The van der Waals surface area contributed by atoms with Gasteiger partial charge in [0.1, 0.15) is 5.82 Å². The van der Waals surface area contributed by atoms with Gasteiger partial charge in [-0.05, 0) is 24.6 Å². The van der Waals surface area contributed by atoms with Crippen molar-refractivity contribution in [2.24, 2.45) is 0 Å². The molecule has 4 rings (SSSR count). The monoisotopic (exact) mass is 356 g/mol. The highest BCUT2D eigenvalue weighted by molar-refractivity contribution is 5.38. The normalized spacial score (nSPS) is 25.0. The molecule has 0 spiro atoms. The molecule has 0 radical (unpaired) electrons. The van der Waals surface area contributed by atoms with Gasteiger partial charge < -0.3 is 10.0 Å². The number of aryl methyl sites for hydroxylation is 1. The summed E-state index contributed by atoms with van der Waals surface area (Å²) in [5, 5.41) is 14.8. The number of piperazine rings is 1. The molecule has 2 atom stereocenters. The van der Waals surface area contributed by atoms with E-state index in [1.165, 1.54) is 0 Å². The molecular formula is C19H28N6O. The maximum atomic E-state index is 10.6. The third kappa shape index (κ3) is 4.06. The number of aliphatic hydroxyl groups is 1. The highest BCUT2D eigenvalue weighted by Crippen LogP contribution is 2.20. The minimum Gasteiger partial charge on any atom is -0.390 e. The molecule has 0 amide bonds. The van der Waals surface area contributed by atoms with E-state index < -0.39 is 0 Å². The van der Waals surface area contributed by atoms with Gasteiger partial charge in [-0.15, -0.1) is 0 Å². The molecule has 2 fully saturated rings. The van der Waals surface area contributed by atoms with E-state index in [-0.39, 0.29) is 12.1 Å². The Hall–Kier alpha value is -1.96. The second kappa shape index (κ2) is 8.16. The zero-order valence-corrected chi connectivity index (χ0v) is 15.2. The highest BCUT2D eigenvalue weighted by atomic mass is 16.3. The minimum absolute atomic E-state index is 0.249. The summed E-state index contributed by atoms with van der Waals surface area (Å²) in [6.07, 6.45) is 6.49. The predicted octanol–water partition coefficient (Wildman–Crippen LogP) is 0.536. The Bertz CT molecular complexity index is 656. The maximum absolute atomic E-state index is 10.6. The lowest BCUT2D eigenvalue weighted by molar-refractivity contribution is 0.0790. The SMILES string of the molecule is O[C@@H]1CN(CCCn2cccn2)C[C@H]1N1CCN(c2ccccn2)CC1. The summed E-state index contributed by atoms with van der Waals surface area (Å²) in [6, 6.07) is 8.28. The van der Waals surface area contributed by atoms with Gasteiger partial charge in [0.2, 0.25) is 0 Å². The summed E-state index contributed by atoms with van der Waals surface area (Å²) < 4.78 is 1.97. The molecule has 4 heterocycles. The fraction of sp³-hybridized carbons (Fsp3) is 0.579. The van der Waals surface area contributed by atoms with Gasteiger partial charge >= 0.3 is 0 Å². The molecule has 0 aliphatic carbocycles. The first-order chi connectivity index (χ1) is 12.8. The lowest BCUT2D eigenvalue weighted by Gasteiger charge is -2.39. The summed E-state index contributed by atoms with van der Waals surface area (Å²) >= 11 is 0. The van der Waals surface area contributed by atoms with E-state index in [0.717, 1.165) is 64.6 Å². The molecule has 7 nitrogen and oxygen atoms in total. The Morgan fingerprint density at radius 3 is 2.62 bits per heavy atom. The number of aromatic nitrogens is 3. The lowest BCUT2D eigenvalue weighted by atomic mass is 10.1. The molecule has 26 heavy (non-hydrogen) atoms. The van der Waals surface area contributed by atoms with Crippen molar-refractivity contribution >= 4 is 5.82 Å². The van der Waals surface area contributed by atoms with Crippen LogP contribution in [0.3, 0.4) is 0 Å². The van der Waals surface area contributed by atoms with Crippen LogP contribution in [0.1, 0.15) is 6.42 Å². The number of anilines is 1. The smallest absolute Gasteiger partial charge is 0.128 e. The van der Waals surface area contributed by atoms with Crippen molar-refractivity contribution in [3.05, 3.63) is 42.9 Å². The summed E-state index contributed by atoms with van der Waals surface area (Å²) in [4.78, 5) is 11.6. The Morgan fingerprint density at radius 2 is 1.88 bits per heavy atom. The van der Waals surface area contributed by atoms with Gasteiger partial charge in [-0.1, -0.05) is 6.07 Å². The van der Waals surface area contributed by atoms with E-state index in [4.69, 9.17) is 0 Å². The van der Waals surface area contributed by atoms with Crippen molar-refractivity contribution in [1.82, 2.24) is 24.6 Å². The van der Waals surface area contributed by atoms with Crippen molar-refractivity contribution in [2.45, 2.75) is 25.1 Å². The van der Waals surface area contributed by atoms with E-state index in [1.807, 2.05) is 41.5 Å². The van der Waals surface area contributed by atoms with Crippen molar-refractivity contribution in [3.8, 4) is 0 Å². The predicted molar refractivity (Wildman–Crippen MR) is 101 cm³/mol. The molecule has 2 saturated heterocycles. The van der Waals surface area contributed by atoms with E-state index in [0.29, 0.717) is 0 Å². The summed E-state index contributed by atoms with van der Waals surface area (Å²) in [7, 11) is 0. The third-order valence-electron chi connectivity index (χ3n) is 5.51. The van der Waals surface area contributed by atoms with Crippen LogP contribution >= 0.6 is 0 Å². The van der Waals surface area contributed by atoms with Crippen molar-refractivity contribution in [3.63, 3.8) is 0 Å². The van der Waals surface area contributed by atoms with Crippen molar-refractivity contribution in [1.29, 1.82) is 0 Å². The van der Waals surface area contributed by atoms with Crippen LogP contribution in [-0.2, 0) is 6.54 Å². The van der Waals surface area contributed by atoms with Crippen LogP contribution in [0.25, 0.3) is 0 Å². The number of aliphatic hydroxyl groups excluding tert-OH is 1. The Kier molecular flexibility index (Phi) is 5.48. The zero-order valence-electron chi connectivity index (χ0n) is 15.2. The molecule has 2 aliphatic heterocycles. The Morgan fingerprint density at radius 1 is 1.00 bits per heavy atom. The molecule has 0 unspecified atom stereocenters. The van der Waals surface area contributed by atoms with Crippen LogP contribution in [-0.4, -0.2) is 87.6 Å². The number of β-amino-alcohol motifs (C(OH)–C–C–N with tert-alkyl or cyclic N) is 1. The molecule has 0 bridgehead atoms. The van der Waals surface area contributed by atoms with Gasteiger partial charge in [0.05, 0.1) is 6.10 Å². The van der Waals surface area contributed by atoms with Crippen LogP contribution in [0.15, 0.2) is 42.9 Å². The second-order valence-corrected chi connectivity index (χ2v) is 7.23. The third-order valence-corrected chi connectivity index (χ3v) is 5.51. The number of nitrogens with zero attached hydrogens (tertiary/aromatic N) is 6. The molecular weight excluding hydrogens is 328 g/mol. The number of pyridine rings is 1. The van der Waals surface area contributed by atoms with Crippen LogP contribution in [0.2, 0.25) is 0 Å². The van der Waals surface area contributed by atoms with Crippen LogP contribution in [0.4, 0.5) is 5.82 Å². The second-order valence-electron chi connectivity index (χ2n) is 7.23. The fourth-order valence-corrected chi connectivity index (χ4v) is 4.10. The van der Waals surface area contributed by atoms with Crippen molar-refractivity contribution < 1.29 is 5.11 Å². The molecule has 140 valence electrons. The average molecular weight is 356 g/mol. The summed E-state index contributed by atoms with van der Waals surface area (Å²) in [6.45, 7) is 7.61. The van der Waals surface area contributed by atoms with E-state index >= 15 is 0 Å². The summed E-state index contributed by atoms with van der Waals surface area (Å²) in [5.74, 6) is 1.05. The van der Waals surface area contributed by atoms with Gasteiger partial charge in [0.25, 0.3) is 0 Å². The van der Waals surface area contributed by atoms with Crippen molar-refractivity contribution in [2.75, 3.05) is 50.7 Å². The molecule has 2 aromatic heterocycles. The molecule has 0 saturated carbocycles. The number of rotatable bonds is 6. The zero-order chi connectivity index (χ0) is 17.8. The van der Waals surface area contributed by atoms with Crippen LogP contribution in [0, 0.1) is 0 Å². The Balaban J connectivity index is 1.23. The number of hydrogen-bond acceptors (Lipinski definition) is 6. The number of hydrogen-bond donors (Lipinski definition) is 1. The molecule has 7 heteroatoms.